The second-order valence-corrected chi connectivity index (χ2v) is 3.60. The predicted molar refractivity (Wildman–Crippen MR) is 66.7 cm³/mol. The summed E-state index contributed by atoms with van der Waals surface area (Å²) in [5.74, 6) is 2.19. The van der Waals surface area contributed by atoms with Crippen LogP contribution in [-0.2, 0) is 6.42 Å². The largest absolute Gasteiger partial charge is 0.497 e. The molecule has 0 spiro atoms. The van der Waals surface area contributed by atoms with Crippen molar-refractivity contribution in [2.75, 3.05) is 7.11 Å². The van der Waals surface area contributed by atoms with E-state index >= 15 is 0 Å². The molecule has 2 rings (SSSR count). The molecule has 17 heavy (non-hydrogen) atoms. The number of methoxy groups -OCH3 is 1. The lowest BCUT2D eigenvalue weighted by Gasteiger charge is -2.06. The van der Waals surface area contributed by atoms with Crippen molar-refractivity contribution in [3.8, 4) is 17.4 Å². The van der Waals surface area contributed by atoms with E-state index in [9.17, 15) is 0 Å². The molecule has 0 unspecified atom stereocenters. The van der Waals surface area contributed by atoms with Crippen molar-refractivity contribution in [3.63, 3.8) is 0 Å². The van der Waals surface area contributed by atoms with E-state index in [4.69, 9.17) is 9.47 Å². The molecule has 0 N–H and O–H groups in total. The fourth-order valence-corrected chi connectivity index (χ4v) is 1.48. The zero-order chi connectivity index (χ0) is 12.1. The average Bonchev–Trinajstić information content (AvgIpc) is 2.40. The summed E-state index contributed by atoms with van der Waals surface area (Å²) in [6.07, 6.45) is 0.903. The van der Waals surface area contributed by atoms with Gasteiger partial charge in [0.25, 0.3) is 0 Å². The second-order valence-electron chi connectivity index (χ2n) is 3.60. The molecule has 0 aliphatic rings. The molecule has 1 aromatic carbocycles. The van der Waals surface area contributed by atoms with E-state index in [0.29, 0.717) is 5.88 Å². The number of pyridine rings is 1. The smallest absolute Gasteiger partial charge is 0.219 e. The molecule has 0 radical (unpaired) electrons. The first-order valence-electron chi connectivity index (χ1n) is 5.59. The summed E-state index contributed by atoms with van der Waals surface area (Å²) in [6.45, 7) is 2.07. The van der Waals surface area contributed by atoms with Crippen LogP contribution in [0.5, 0.6) is 17.4 Å². The third-order valence-corrected chi connectivity index (χ3v) is 2.43. The molecular formula is C14H15NO2. The van der Waals surface area contributed by atoms with Gasteiger partial charge in [-0.25, -0.2) is 4.98 Å². The molecule has 0 atom stereocenters. The summed E-state index contributed by atoms with van der Waals surface area (Å²) in [7, 11) is 1.64. The van der Waals surface area contributed by atoms with Crippen LogP contribution in [0.3, 0.4) is 0 Å². The molecule has 1 aromatic heterocycles. The van der Waals surface area contributed by atoms with Crippen molar-refractivity contribution in [1.82, 2.24) is 4.98 Å². The van der Waals surface area contributed by atoms with Gasteiger partial charge in [-0.1, -0.05) is 13.0 Å². The number of benzene rings is 1. The predicted octanol–water partition coefficient (Wildman–Crippen LogP) is 3.44. The monoisotopic (exact) mass is 229 g/mol. The van der Waals surface area contributed by atoms with Gasteiger partial charge in [-0.2, -0.15) is 0 Å². The van der Waals surface area contributed by atoms with Crippen molar-refractivity contribution in [3.05, 3.63) is 48.2 Å². The zero-order valence-corrected chi connectivity index (χ0v) is 10.0. The van der Waals surface area contributed by atoms with Gasteiger partial charge < -0.3 is 9.47 Å². The van der Waals surface area contributed by atoms with Crippen LogP contribution in [0.1, 0.15) is 12.6 Å². The van der Waals surface area contributed by atoms with E-state index in [2.05, 4.69) is 11.9 Å². The molecule has 1 heterocycles. The van der Waals surface area contributed by atoms with Crippen molar-refractivity contribution in [1.29, 1.82) is 0 Å². The number of aryl methyl sites for hydroxylation is 1. The van der Waals surface area contributed by atoms with E-state index in [1.165, 1.54) is 0 Å². The van der Waals surface area contributed by atoms with Gasteiger partial charge in [0.15, 0.2) is 0 Å². The zero-order valence-electron chi connectivity index (χ0n) is 10.0. The number of nitrogens with zero attached hydrogens (tertiary/aromatic N) is 1. The number of hydrogen-bond donors (Lipinski definition) is 0. The number of ether oxygens (including phenoxy) is 2. The van der Waals surface area contributed by atoms with Crippen molar-refractivity contribution >= 4 is 0 Å². The molecule has 0 amide bonds. The van der Waals surface area contributed by atoms with Gasteiger partial charge >= 0.3 is 0 Å². The Kier molecular flexibility index (Phi) is 3.60. The Morgan fingerprint density at radius 1 is 1.00 bits per heavy atom. The van der Waals surface area contributed by atoms with Crippen LogP contribution in [0, 0.1) is 0 Å². The molecule has 0 saturated carbocycles. The van der Waals surface area contributed by atoms with E-state index in [-0.39, 0.29) is 0 Å². The van der Waals surface area contributed by atoms with Gasteiger partial charge in [-0.3, -0.25) is 0 Å². The number of rotatable bonds is 4. The first-order valence-corrected chi connectivity index (χ1v) is 5.59. The summed E-state index contributed by atoms with van der Waals surface area (Å²) in [5, 5.41) is 0. The normalized spacial score (nSPS) is 10.0. The molecule has 2 aromatic rings. The van der Waals surface area contributed by atoms with Crippen molar-refractivity contribution in [2.24, 2.45) is 0 Å². The first-order chi connectivity index (χ1) is 8.31. The van der Waals surface area contributed by atoms with Crippen molar-refractivity contribution < 1.29 is 9.47 Å². The highest BCUT2D eigenvalue weighted by molar-refractivity contribution is 5.33. The molecule has 3 nitrogen and oxygen atoms in total. The lowest BCUT2D eigenvalue weighted by Crippen LogP contribution is -1.91. The third-order valence-electron chi connectivity index (χ3n) is 2.43. The molecular weight excluding hydrogens is 214 g/mol. The van der Waals surface area contributed by atoms with Gasteiger partial charge in [0.1, 0.15) is 11.5 Å². The molecule has 0 bridgehead atoms. The maximum absolute atomic E-state index is 5.65. The van der Waals surface area contributed by atoms with Crippen molar-refractivity contribution in [2.45, 2.75) is 13.3 Å². The highest BCUT2D eigenvalue weighted by atomic mass is 16.5. The summed E-state index contributed by atoms with van der Waals surface area (Å²) in [6, 6.07) is 13.2. The Morgan fingerprint density at radius 2 is 1.71 bits per heavy atom. The minimum absolute atomic E-state index is 0.620. The topological polar surface area (TPSA) is 31.4 Å². The summed E-state index contributed by atoms with van der Waals surface area (Å²) >= 11 is 0. The Hall–Kier alpha value is -2.03. The summed E-state index contributed by atoms with van der Waals surface area (Å²) in [4.78, 5) is 4.38. The lowest BCUT2D eigenvalue weighted by molar-refractivity contribution is 0.412. The Labute approximate surface area is 101 Å². The molecule has 0 aliphatic carbocycles. The fraction of sp³-hybridized carbons (Fsp3) is 0.214. The number of aromatic nitrogens is 1. The first kappa shape index (κ1) is 11.5. The maximum atomic E-state index is 5.65. The Morgan fingerprint density at radius 3 is 2.35 bits per heavy atom. The summed E-state index contributed by atoms with van der Waals surface area (Å²) < 4.78 is 10.7. The van der Waals surface area contributed by atoms with E-state index in [1.807, 2.05) is 42.5 Å². The van der Waals surface area contributed by atoms with Crippen LogP contribution in [0.25, 0.3) is 0 Å². The third kappa shape index (κ3) is 2.97. The van der Waals surface area contributed by atoms with E-state index in [0.717, 1.165) is 23.6 Å². The molecule has 0 fully saturated rings. The van der Waals surface area contributed by atoms with Crippen LogP contribution in [0.15, 0.2) is 42.5 Å². The highest BCUT2D eigenvalue weighted by Gasteiger charge is 2.00. The molecule has 88 valence electrons. The standard InChI is InChI=1S/C14H15NO2/c1-3-11-5-4-6-14(15-11)17-13-9-7-12(16-2)8-10-13/h4-10H,3H2,1-2H3. The second kappa shape index (κ2) is 5.34. The highest BCUT2D eigenvalue weighted by Crippen LogP contribution is 2.22. The quantitative estimate of drug-likeness (QED) is 0.804. The van der Waals surface area contributed by atoms with Crippen LogP contribution >= 0.6 is 0 Å². The SMILES string of the molecule is CCc1cccc(Oc2ccc(OC)cc2)n1. The van der Waals surface area contributed by atoms with Crippen LogP contribution in [-0.4, -0.2) is 12.1 Å². The average molecular weight is 229 g/mol. The minimum Gasteiger partial charge on any atom is -0.497 e. The molecule has 0 saturated heterocycles. The number of hydrogen-bond acceptors (Lipinski definition) is 3. The molecule has 3 heteroatoms. The van der Waals surface area contributed by atoms with Crippen LogP contribution < -0.4 is 9.47 Å². The van der Waals surface area contributed by atoms with Gasteiger partial charge in [-0.15, -0.1) is 0 Å². The molecule has 0 aliphatic heterocycles. The van der Waals surface area contributed by atoms with Crippen LogP contribution in [0.4, 0.5) is 0 Å². The lowest BCUT2D eigenvalue weighted by atomic mass is 10.3. The van der Waals surface area contributed by atoms with E-state index in [1.54, 1.807) is 7.11 Å². The van der Waals surface area contributed by atoms with Gasteiger partial charge in [0.2, 0.25) is 5.88 Å². The fourth-order valence-electron chi connectivity index (χ4n) is 1.48. The Balaban J connectivity index is 2.13. The van der Waals surface area contributed by atoms with Crippen LogP contribution in [0.2, 0.25) is 0 Å². The minimum atomic E-state index is 0.620. The van der Waals surface area contributed by atoms with Gasteiger partial charge in [0.05, 0.1) is 7.11 Å². The maximum Gasteiger partial charge on any atom is 0.219 e. The van der Waals surface area contributed by atoms with Gasteiger partial charge in [-0.05, 0) is 36.8 Å². The van der Waals surface area contributed by atoms with E-state index < -0.39 is 0 Å². The van der Waals surface area contributed by atoms with Gasteiger partial charge in [0, 0.05) is 11.8 Å². The Bertz CT molecular complexity index is 480. The summed E-state index contributed by atoms with van der Waals surface area (Å²) in [5.41, 5.74) is 1.02.